The number of nitrogens with zero attached hydrogens (tertiary/aromatic N) is 5. The molecule has 1 saturated heterocycles. The Labute approximate surface area is 182 Å². The van der Waals surface area contributed by atoms with Crippen LogP contribution in [0.25, 0.3) is 11.5 Å². The molecule has 0 spiro atoms. The molecule has 1 aliphatic rings. The lowest BCUT2D eigenvalue weighted by Crippen LogP contribution is -2.51. The molecule has 0 bridgehead atoms. The summed E-state index contributed by atoms with van der Waals surface area (Å²) < 4.78 is 15.8. The molecule has 1 fully saturated rings. The summed E-state index contributed by atoms with van der Waals surface area (Å²) in [4.78, 5) is 28.3. The number of benzene rings is 1. The van der Waals surface area contributed by atoms with Gasteiger partial charge in [-0.1, -0.05) is 16.9 Å². The minimum atomic E-state index is -0.209. The fourth-order valence-corrected chi connectivity index (χ4v) is 3.78. The smallest absolute Gasteiger partial charge is 0.292 e. The first-order chi connectivity index (χ1) is 15.0. The van der Waals surface area contributed by atoms with Crippen molar-refractivity contribution in [1.29, 1.82) is 0 Å². The molecule has 2 amide bonds. The fraction of sp³-hybridized carbons (Fsp3) is 0.350. The van der Waals surface area contributed by atoms with Crippen molar-refractivity contribution in [3.8, 4) is 17.2 Å². The molecule has 10 nitrogen and oxygen atoms in total. The minimum Gasteiger partial charge on any atom is -0.497 e. The summed E-state index contributed by atoms with van der Waals surface area (Å²) in [5.74, 6) is 1.26. The van der Waals surface area contributed by atoms with Crippen LogP contribution in [0.4, 0.5) is 0 Å². The summed E-state index contributed by atoms with van der Waals surface area (Å²) in [6.07, 6.45) is 0. The molecule has 0 saturated carbocycles. The van der Waals surface area contributed by atoms with Gasteiger partial charge in [-0.2, -0.15) is 0 Å². The van der Waals surface area contributed by atoms with Gasteiger partial charge in [0, 0.05) is 37.8 Å². The quantitative estimate of drug-likeness (QED) is 0.528. The van der Waals surface area contributed by atoms with E-state index in [0.717, 1.165) is 11.3 Å². The van der Waals surface area contributed by atoms with Crippen LogP contribution in [0.5, 0.6) is 5.75 Å². The highest BCUT2D eigenvalue weighted by atomic mass is 32.2. The van der Waals surface area contributed by atoms with E-state index in [-0.39, 0.29) is 23.3 Å². The third-order valence-electron chi connectivity index (χ3n) is 4.82. The first-order valence-corrected chi connectivity index (χ1v) is 10.6. The van der Waals surface area contributed by atoms with Gasteiger partial charge in [0.1, 0.15) is 5.75 Å². The second-order valence-electron chi connectivity index (χ2n) is 6.90. The Hall–Kier alpha value is -3.34. The number of piperazine rings is 1. The van der Waals surface area contributed by atoms with Gasteiger partial charge < -0.3 is 23.5 Å². The van der Waals surface area contributed by atoms with Crippen molar-refractivity contribution in [2.75, 3.05) is 39.0 Å². The van der Waals surface area contributed by atoms with Gasteiger partial charge in [-0.15, -0.1) is 10.2 Å². The molecule has 2 aromatic heterocycles. The Bertz CT molecular complexity index is 1060. The van der Waals surface area contributed by atoms with Gasteiger partial charge in [-0.05, 0) is 31.2 Å². The molecule has 0 radical (unpaired) electrons. The van der Waals surface area contributed by atoms with E-state index in [1.165, 1.54) is 11.8 Å². The Morgan fingerprint density at radius 2 is 1.81 bits per heavy atom. The van der Waals surface area contributed by atoms with Crippen LogP contribution in [-0.4, -0.2) is 76.0 Å². The molecule has 31 heavy (non-hydrogen) atoms. The van der Waals surface area contributed by atoms with E-state index in [2.05, 4.69) is 15.4 Å². The maximum atomic E-state index is 12.5. The lowest BCUT2D eigenvalue weighted by Gasteiger charge is -2.34. The third-order valence-corrected chi connectivity index (χ3v) is 5.62. The minimum absolute atomic E-state index is 0.0446. The summed E-state index contributed by atoms with van der Waals surface area (Å²) >= 11 is 1.19. The number of ether oxygens (including phenoxy) is 1. The molecule has 0 N–H and O–H groups in total. The van der Waals surface area contributed by atoms with E-state index in [0.29, 0.717) is 43.0 Å². The number of aromatic nitrogens is 3. The number of methoxy groups -OCH3 is 1. The summed E-state index contributed by atoms with van der Waals surface area (Å²) in [7, 11) is 1.60. The van der Waals surface area contributed by atoms with Gasteiger partial charge in [-0.25, -0.2) is 0 Å². The number of carbonyl (C=O) groups is 2. The van der Waals surface area contributed by atoms with Gasteiger partial charge in [0.25, 0.3) is 11.1 Å². The lowest BCUT2D eigenvalue weighted by atomic mass is 10.2. The molecule has 0 aliphatic carbocycles. The van der Waals surface area contributed by atoms with Crippen molar-refractivity contribution in [2.24, 2.45) is 0 Å². The van der Waals surface area contributed by atoms with Gasteiger partial charge in [0.15, 0.2) is 0 Å². The summed E-state index contributed by atoms with van der Waals surface area (Å²) in [5, 5.41) is 12.1. The normalized spacial score (nSPS) is 14.0. The number of carbonyl (C=O) groups excluding carboxylic acids is 2. The van der Waals surface area contributed by atoms with E-state index >= 15 is 0 Å². The van der Waals surface area contributed by atoms with Crippen LogP contribution in [0.1, 0.15) is 16.2 Å². The van der Waals surface area contributed by atoms with Crippen LogP contribution in [0.2, 0.25) is 0 Å². The average Bonchev–Trinajstić information content (AvgIpc) is 3.46. The van der Waals surface area contributed by atoms with Crippen LogP contribution in [-0.2, 0) is 4.79 Å². The Morgan fingerprint density at radius 1 is 1.10 bits per heavy atom. The van der Waals surface area contributed by atoms with Crippen molar-refractivity contribution in [2.45, 2.75) is 12.1 Å². The highest BCUT2D eigenvalue weighted by molar-refractivity contribution is 7.99. The largest absolute Gasteiger partial charge is 0.497 e. The highest BCUT2D eigenvalue weighted by Gasteiger charge is 2.27. The zero-order valence-electron chi connectivity index (χ0n) is 17.1. The van der Waals surface area contributed by atoms with E-state index < -0.39 is 0 Å². The third kappa shape index (κ3) is 4.88. The van der Waals surface area contributed by atoms with E-state index in [9.17, 15) is 9.59 Å². The molecular formula is C20H21N5O5S. The van der Waals surface area contributed by atoms with Crippen molar-refractivity contribution in [3.05, 3.63) is 41.8 Å². The van der Waals surface area contributed by atoms with Crippen LogP contribution in [0.15, 0.2) is 44.5 Å². The number of amides is 2. The maximum Gasteiger partial charge on any atom is 0.292 e. The first-order valence-electron chi connectivity index (χ1n) is 9.64. The molecular weight excluding hydrogens is 422 g/mol. The van der Waals surface area contributed by atoms with Gasteiger partial charge in [0.05, 0.1) is 18.6 Å². The number of thioether (sulfide) groups is 1. The monoisotopic (exact) mass is 443 g/mol. The highest BCUT2D eigenvalue weighted by Crippen LogP contribution is 2.25. The summed E-state index contributed by atoms with van der Waals surface area (Å²) in [5.41, 5.74) is 1.43. The van der Waals surface area contributed by atoms with E-state index in [1.807, 2.05) is 24.3 Å². The van der Waals surface area contributed by atoms with Crippen LogP contribution >= 0.6 is 11.8 Å². The first kappa shape index (κ1) is 20.9. The molecule has 0 unspecified atom stereocenters. The fourth-order valence-electron chi connectivity index (χ4n) is 3.11. The Kier molecular flexibility index (Phi) is 6.21. The number of rotatable bonds is 6. The maximum absolute atomic E-state index is 12.5. The molecule has 3 heterocycles. The van der Waals surface area contributed by atoms with Crippen molar-refractivity contribution in [3.63, 3.8) is 0 Å². The van der Waals surface area contributed by atoms with Gasteiger partial charge in [-0.3, -0.25) is 9.59 Å². The SMILES string of the molecule is COc1ccc(-c2nnc(SCC(=O)N3CCN(C(=O)c4cc(C)no4)CC3)o2)cc1. The topological polar surface area (TPSA) is 115 Å². The zero-order valence-corrected chi connectivity index (χ0v) is 17.9. The summed E-state index contributed by atoms with van der Waals surface area (Å²) in [6.45, 7) is 3.56. The van der Waals surface area contributed by atoms with Gasteiger partial charge in [0.2, 0.25) is 17.6 Å². The number of aryl methyl sites for hydroxylation is 1. The second-order valence-corrected chi connectivity index (χ2v) is 7.82. The Balaban J connectivity index is 1.26. The molecule has 3 aromatic rings. The lowest BCUT2D eigenvalue weighted by molar-refractivity contribution is -0.129. The van der Waals surface area contributed by atoms with E-state index in [4.69, 9.17) is 13.7 Å². The molecule has 4 rings (SSSR count). The second kappa shape index (κ2) is 9.21. The predicted octanol–water partition coefficient (Wildman–Crippen LogP) is 2.12. The van der Waals surface area contributed by atoms with E-state index in [1.54, 1.807) is 29.9 Å². The molecule has 1 aromatic carbocycles. The summed E-state index contributed by atoms with van der Waals surface area (Å²) in [6, 6.07) is 8.88. The zero-order chi connectivity index (χ0) is 21.8. The van der Waals surface area contributed by atoms with Crippen molar-refractivity contribution >= 4 is 23.6 Å². The predicted molar refractivity (Wildman–Crippen MR) is 111 cm³/mol. The standard InChI is InChI=1S/C20H21N5O5S/c1-13-11-16(30-23-13)19(27)25-9-7-24(8-10-25)17(26)12-31-20-22-21-18(29-20)14-3-5-15(28-2)6-4-14/h3-6,11H,7-10,12H2,1-2H3. The number of hydrogen-bond donors (Lipinski definition) is 0. The number of hydrogen-bond acceptors (Lipinski definition) is 9. The molecule has 1 aliphatic heterocycles. The van der Waals surface area contributed by atoms with Crippen LogP contribution < -0.4 is 4.74 Å². The van der Waals surface area contributed by atoms with Crippen LogP contribution in [0.3, 0.4) is 0 Å². The molecule has 11 heteroatoms. The van der Waals surface area contributed by atoms with Crippen molar-refractivity contribution in [1.82, 2.24) is 25.2 Å². The Morgan fingerprint density at radius 3 is 2.45 bits per heavy atom. The molecule has 0 atom stereocenters. The average molecular weight is 443 g/mol. The van der Waals surface area contributed by atoms with Gasteiger partial charge >= 0.3 is 0 Å². The van der Waals surface area contributed by atoms with Crippen molar-refractivity contribution < 1.29 is 23.3 Å². The van der Waals surface area contributed by atoms with Crippen LogP contribution in [0, 0.1) is 6.92 Å². The molecule has 162 valence electrons.